The summed E-state index contributed by atoms with van der Waals surface area (Å²) in [7, 11) is 1.90. The van der Waals surface area contributed by atoms with Gasteiger partial charge in [0.2, 0.25) is 0 Å². The van der Waals surface area contributed by atoms with E-state index in [1.807, 2.05) is 37.4 Å². The fourth-order valence-electron chi connectivity index (χ4n) is 1.92. The van der Waals surface area contributed by atoms with Crippen LogP contribution in [0.4, 0.5) is 5.69 Å². The van der Waals surface area contributed by atoms with Crippen LogP contribution in [0, 0.1) is 0 Å². The normalized spacial score (nSPS) is 10.6. The van der Waals surface area contributed by atoms with Gasteiger partial charge in [0, 0.05) is 30.0 Å². The molecule has 2 aromatic heterocycles. The Morgan fingerprint density at radius 2 is 2.09 bits per heavy atom. The van der Waals surface area contributed by atoms with E-state index in [1.54, 1.807) is 17.1 Å². The number of rotatable bonds is 6. The SMILES string of the molecule is Cn1nccc1COc1ccc(NCc2cnc(Cl)s2)cc1. The minimum atomic E-state index is 0.503. The van der Waals surface area contributed by atoms with Crippen LogP contribution in [0.25, 0.3) is 0 Å². The molecule has 0 radical (unpaired) electrons. The van der Waals surface area contributed by atoms with Crippen molar-refractivity contribution in [3.8, 4) is 5.75 Å². The van der Waals surface area contributed by atoms with E-state index in [-0.39, 0.29) is 0 Å². The van der Waals surface area contributed by atoms with Crippen LogP contribution in [0.5, 0.6) is 5.75 Å². The largest absolute Gasteiger partial charge is 0.487 e. The van der Waals surface area contributed by atoms with Crippen LogP contribution < -0.4 is 10.1 Å². The molecule has 3 aromatic rings. The van der Waals surface area contributed by atoms with Gasteiger partial charge in [-0.25, -0.2) is 4.98 Å². The van der Waals surface area contributed by atoms with Crippen molar-refractivity contribution in [2.75, 3.05) is 5.32 Å². The Hall–Kier alpha value is -2.05. The number of anilines is 1. The van der Waals surface area contributed by atoms with Gasteiger partial charge < -0.3 is 10.1 Å². The number of nitrogens with one attached hydrogen (secondary N) is 1. The number of benzene rings is 1. The van der Waals surface area contributed by atoms with Gasteiger partial charge in [-0.05, 0) is 30.3 Å². The minimum Gasteiger partial charge on any atom is -0.487 e. The summed E-state index contributed by atoms with van der Waals surface area (Å²) in [6.45, 7) is 1.21. The molecule has 0 aliphatic carbocycles. The van der Waals surface area contributed by atoms with Crippen molar-refractivity contribution in [2.24, 2.45) is 7.05 Å². The molecule has 0 saturated carbocycles. The van der Waals surface area contributed by atoms with Crippen LogP contribution in [-0.2, 0) is 20.2 Å². The maximum Gasteiger partial charge on any atom is 0.183 e. The fourth-order valence-corrected chi connectivity index (χ4v) is 2.84. The molecule has 0 aliphatic rings. The van der Waals surface area contributed by atoms with Gasteiger partial charge in [0.15, 0.2) is 4.47 Å². The summed E-state index contributed by atoms with van der Waals surface area (Å²) < 4.78 is 8.11. The molecule has 2 heterocycles. The summed E-state index contributed by atoms with van der Waals surface area (Å²) in [6.07, 6.45) is 3.54. The van der Waals surface area contributed by atoms with Crippen LogP contribution in [0.15, 0.2) is 42.7 Å². The Kier molecular flexibility index (Phi) is 4.60. The molecule has 0 spiro atoms. The quantitative estimate of drug-likeness (QED) is 0.746. The second-order valence-corrected chi connectivity index (χ2v) is 6.39. The first-order chi connectivity index (χ1) is 10.7. The summed E-state index contributed by atoms with van der Waals surface area (Å²) in [5.41, 5.74) is 2.06. The average molecular weight is 335 g/mol. The predicted octanol–water partition coefficient (Wildman–Crippen LogP) is 3.72. The number of ether oxygens (including phenoxy) is 1. The standard InChI is InChI=1S/C15H15ClN4OS/c1-20-12(6-7-19-20)10-21-13-4-2-11(3-5-13)17-8-14-9-18-15(16)22-14/h2-7,9,17H,8,10H2,1H3. The molecule has 114 valence electrons. The maximum atomic E-state index is 5.81. The van der Waals surface area contributed by atoms with Crippen molar-refractivity contribution in [3.63, 3.8) is 0 Å². The molecule has 0 fully saturated rings. The van der Waals surface area contributed by atoms with E-state index >= 15 is 0 Å². The smallest absolute Gasteiger partial charge is 0.183 e. The van der Waals surface area contributed by atoms with E-state index in [1.165, 1.54) is 11.3 Å². The van der Waals surface area contributed by atoms with Crippen molar-refractivity contribution in [2.45, 2.75) is 13.2 Å². The Bertz CT molecular complexity index is 738. The van der Waals surface area contributed by atoms with Crippen LogP contribution >= 0.6 is 22.9 Å². The van der Waals surface area contributed by atoms with E-state index in [0.29, 0.717) is 17.6 Å². The van der Waals surface area contributed by atoms with E-state index in [2.05, 4.69) is 15.4 Å². The Morgan fingerprint density at radius 3 is 2.73 bits per heavy atom. The zero-order valence-corrected chi connectivity index (χ0v) is 13.6. The summed E-state index contributed by atoms with van der Waals surface area (Å²) in [4.78, 5) is 5.11. The Labute approximate surface area is 137 Å². The Balaban J connectivity index is 1.52. The van der Waals surface area contributed by atoms with Crippen molar-refractivity contribution in [3.05, 3.63) is 57.8 Å². The number of halogens is 1. The lowest BCUT2D eigenvalue weighted by atomic mass is 10.3. The molecule has 0 saturated heterocycles. The third-order valence-corrected chi connectivity index (χ3v) is 4.27. The van der Waals surface area contributed by atoms with E-state index in [0.717, 1.165) is 22.0 Å². The van der Waals surface area contributed by atoms with Gasteiger partial charge in [-0.15, -0.1) is 11.3 Å². The number of hydrogen-bond acceptors (Lipinski definition) is 5. The summed E-state index contributed by atoms with van der Waals surface area (Å²) in [5, 5.41) is 7.43. The molecule has 0 atom stereocenters. The van der Waals surface area contributed by atoms with Crippen LogP contribution in [0.2, 0.25) is 4.47 Å². The average Bonchev–Trinajstić information content (AvgIpc) is 3.12. The van der Waals surface area contributed by atoms with Gasteiger partial charge in [-0.3, -0.25) is 4.68 Å². The second-order valence-electron chi connectivity index (χ2n) is 4.69. The topological polar surface area (TPSA) is 52.0 Å². The third kappa shape index (κ3) is 3.78. The monoisotopic (exact) mass is 334 g/mol. The summed E-state index contributed by atoms with van der Waals surface area (Å²) >= 11 is 7.28. The van der Waals surface area contributed by atoms with Gasteiger partial charge in [0.1, 0.15) is 12.4 Å². The molecule has 22 heavy (non-hydrogen) atoms. The molecule has 0 aliphatic heterocycles. The van der Waals surface area contributed by atoms with E-state index in [9.17, 15) is 0 Å². The van der Waals surface area contributed by atoms with Crippen molar-refractivity contribution in [1.82, 2.24) is 14.8 Å². The first kappa shape index (κ1) is 14.9. The van der Waals surface area contributed by atoms with Gasteiger partial charge in [0.05, 0.1) is 12.2 Å². The van der Waals surface area contributed by atoms with E-state index < -0.39 is 0 Å². The van der Waals surface area contributed by atoms with Crippen LogP contribution in [0.1, 0.15) is 10.6 Å². The van der Waals surface area contributed by atoms with Crippen molar-refractivity contribution in [1.29, 1.82) is 0 Å². The van der Waals surface area contributed by atoms with Crippen LogP contribution in [-0.4, -0.2) is 14.8 Å². The van der Waals surface area contributed by atoms with Gasteiger partial charge in [-0.2, -0.15) is 5.10 Å². The predicted molar refractivity (Wildman–Crippen MR) is 88.4 cm³/mol. The molecular formula is C15H15ClN4OS. The highest BCUT2D eigenvalue weighted by Gasteiger charge is 2.02. The fraction of sp³-hybridized carbons (Fsp3) is 0.200. The highest BCUT2D eigenvalue weighted by molar-refractivity contribution is 7.15. The zero-order valence-electron chi connectivity index (χ0n) is 12.0. The molecule has 0 unspecified atom stereocenters. The van der Waals surface area contributed by atoms with Crippen LogP contribution in [0.3, 0.4) is 0 Å². The van der Waals surface area contributed by atoms with Crippen molar-refractivity contribution < 1.29 is 4.74 Å². The number of aryl methyl sites for hydroxylation is 1. The molecule has 1 N–H and O–H groups in total. The van der Waals surface area contributed by atoms with Crippen molar-refractivity contribution >= 4 is 28.6 Å². The van der Waals surface area contributed by atoms with Gasteiger partial charge >= 0.3 is 0 Å². The highest BCUT2D eigenvalue weighted by atomic mass is 35.5. The zero-order chi connectivity index (χ0) is 15.4. The lowest BCUT2D eigenvalue weighted by Gasteiger charge is -2.08. The molecule has 5 nitrogen and oxygen atoms in total. The summed E-state index contributed by atoms with van der Waals surface area (Å²) in [5.74, 6) is 0.826. The number of nitrogens with zero attached hydrogens (tertiary/aromatic N) is 3. The minimum absolute atomic E-state index is 0.503. The molecule has 0 amide bonds. The summed E-state index contributed by atoms with van der Waals surface area (Å²) in [6, 6.07) is 9.80. The second kappa shape index (κ2) is 6.81. The number of hydrogen-bond donors (Lipinski definition) is 1. The third-order valence-electron chi connectivity index (χ3n) is 3.16. The highest BCUT2D eigenvalue weighted by Crippen LogP contribution is 2.21. The molecule has 0 bridgehead atoms. The number of thiazole rings is 1. The Morgan fingerprint density at radius 1 is 1.27 bits per heavy atom. The molecule has 7 heteroatoms. The lowest BCUT2D eigenvalue weighted by molar-refractivity contribution is 0.295. The molecular weight excluding hydrogens is 320 g/mol. The number of aromatic nitrogens is 3. The first-order valence-corrected chi connectivity index (χ1v) is 7.94. The van der Waals surface area contributed by atoms with E-state index in [4.69, 9.17) is 16.3 Å². The maximum absolute atomic E-state index is 5.81. The lowest BCUT2D eigenvalue weighted by Crippen LogP contribution is -2.03. The molecule has 1 aromatic carbocycles. The first-order valence-electron chi connectivity index (χ1n) is 6.74. The van der Waals surface area contributed by atoms with Gasteiger partial charge in [0.25, 0.3) is 0 Å². The molecule has 3 rings (SSSR count). The van der Waals surface area contributed by atoms with Gasteiger partial charge in [-0.1, -0.05) is 11.6 Å².